The molecule has 1 aromatic heterocycles. The smallest absolute Gasteiger partial charge is 0.234 e. The van der Waals surface area contributed by atoms with Crippen LogP contribution < -0.4 is 10.6 Å². The second kappa shape index (κ2) is 5.12. The summed E-state index contributed by atoms with van der Waals surface area (Å²) in [7, 11) is 0. The van der Waals surface area contributed by atoms with Crippen molar-refractivity contribution in [1.82, 2.24) is 20.2 Å². The van der Waals surface area contributed by atoms with Gasteiger partial charge in [0.15, 0.2) is 0 Å². The van der Waals surface area contributed by atoms with Crippen LogP contribution in [-0.4, -0.2) is 28.0 Å². The molecular formula is C11H18N4O. The average molecular weight is 222 g/mol. The Balaban J connectivity index is 1.68. The monoisotopic (exact) mass is 222 g/mol. The third kappa shape index (κ3) is 3.06. The number of aryl methyl sites for hydroxylation is 1. The van der Waals surface area contributed by atoms with Gasteiger partial charge in [-0.1, -0.05) is 0 Å². The molecule has 5 heteroatoms. The number of nitrogens with zero attached hydrogens (tertiary/aromatic N) is 2. The predicted molar refractivity (Wildman–Crippen MR) is 60.8 cm³/mol. The number of carbonyl (C=O) groups excluding carboxylic acids is 1. The van der Waals surface area contributed by atoms with E-state index in [0.717, 1.165) is 25.1 Å². The molecule has 0 bridgehead atoms. The number of carbonyl (C=O) groups is 1. The van der Waals surface area contributed by atoms with E-state index in [0.29, 0.717) is 19.1 Å². The first-order valence-electron chi connectivity index (χ1n) is 5.78. The van der Waals surface area contributed by atoms with Crippen molar-refractivity contribution in [2.75, 3.05) is 6.54 Å². The van der Waals surface area contributed by atoms with E-state index in [1.54, 1.807) is 6.33 Å². The zero-order valence-corrected chi connectivity index (χ0v) is 9.57. The minimum absolute atomic E-state index is 0.0880. The molecule has 0 atom stereocenters. The molecule has 0 aromatic carbocycles. The molecule has 5 nitrogen and oxygen atoms in total. The molecule has 1 aromatic rings. The van der Waals surface area contributed by atoms with Crippen LogP contribution in [0.25, 0.3) is 0 Å². The Morgan fingerprint density at radius 2 is 2.44 bits per heavy atom. The Hall–Kier alpha value is -1.36. The number of nitrogens with one attached hydrogen (secondary N) is 2. The summed E-state index contributed by atoms with van der Waals surface area (Å²) < 4.78 is 2.06. The summed E-state index contributed by atoms with van der Waals surface area (Å²) in [4.78, 5) is 15.5. The Bertz CT molecular complexity index is 357. The van der Waals surface area contributed by atoms with Crippen LogP contribution in [0, 0.1) is 0 Å². The maximum absolute atomic E-state index is 11.4. The molecule has 1 aliphatic rings. The van der Waals surface area contributed by atoms with Crippen molar-refractivity contribution in [2.45, 2.75) is 38.9 Å². The number of imidazole rings is 1. The second-order valence-corrected chi connectivity index (χ2v) is 4.12. The highest BCUT2D eigenvalue weighted by Crippen LogP contribution is 2.18. The first-order chi connectivity index (χ1) is 7.79. The van der Waals surface area contributed by atoms with Gasteiger partial charge in [0.05, 0.1) is 18.6 Å². The van der Waals surface area contributed by atoms with Crippen LogP contribution in [0.15, 0.2) is 12.5 Å². The van der Waals surface area contributed by atoms with Gasteiger partial charge in [0.25, 0.3) is 0 Å². The molecule has 0 spiro atoms. The summed E-state index contributed by atoms with van der Waals surface area (Å²) in [6, 6.07) is 0.440. The van der Waals surface area contributed by atoms with Gasteiger partial charge in [-0.2, -0.15) is 0 Å². The fraction of sp³-hybridized carbons (Fsp3) is 0.636. The highest BCUT2D eigenvalue weighted by molar-refractivity contribution is 5.78. The standard InChI is InChI=1S/C11H18N4O/c1-2-15-8-13-6-10(15)5-12-7-11(16)14-9-3-4-9/h6,8-9,12H,2-5,7H2,1H3,(H,14,16). The van der Waals surface area contributed by atoms with Crippen LogP contribution in [0.3, 0.4) is 0 Å². The molecule has 16 heavy (non-hydrogen) atoms. The van der Waals surface area contributed by atoms with Gasteiger partial charge in [-0.15, -0.1) is 0 Å². The van der Waals surface area contributed by atoms with Gasteiger partial charge in [-0.25, -0.2) is 4.98 Å². The summed E-state index contributed by atoms with van der Waals surface area (Å²) in [5.41, 5.74) is 1.11. The van der Waals surface area contributed by atoms with Crippen molar-refractivity contribution < 1.29 is 4.79 Å². The number of aromatic nitrogens is 2. The van der Waals surface area contributed by atoms with Gasteiger partial charge < -0.3 is 15.2 Å². The van der Waals surface area contributed by atoms with E-state index in [9.17, 15) is 4.79 Å². The zero-order valence-electron chi connectivity index (χ0n) is 9.57. The maximum atomic E-state index is 11.4. The molecule has 0 aliphatic heterocycles. The molecular weight excluding hydrogens is 204 g/mol. The lowest BCUT2D eigenvalue weighted by Gasteiger charge is -2.07. The third-order valence-electron chi connectivity index (χ3n) is 2.67. The van der Waals surface area contributed by atoms with Gasteiger partial charge in [0.2, 0.25) is 5.91 Å². The largest absolute Gasteiger partial charge is 0.352 e. The van der Waals surface area contributed by atoms with E-state index in [1.165, 1.54) is 0 Å². The van der Waals surface area contributed by atoms with Crippen LogP contribution in [0.5, 0.6) is 0 Å². The van der Waals surface area contributed by atoms with E-state index < -0.39 is 0 Å². The lowest BCUT2D eigenvalue weighted by molar-refractivity contribution is -0.120. The minimum Gasteiger partial charge on any atom is -0.352 e. The van der Waals surface area contributed by atoms with E-state index >= 15 is 0 Å². The summed E-state index contributed by atoms with van der Waals surface area (Å²) in [5, 5.41) is 6.06. The van der Waals surface area contributed by atoms with Crippen molar-refractivity contribution in [3.05, 3.63) is 18.2 Å². The molecule has 2 rings (SSSR count). The van der Waals surface area contributed by atoms with Crippen molar-refractivity contribution in [2.24, 2.45) is 0 Å². The van der Waals surface area contributed by atoms with Gasteiger partial charge in [-0.05, 0) is 19.8 Å². The molecule has 2 N–H and O–H groups in total. The third-order valence-corrected chi connectivity index (χ3v) is 2.67. The molecule has 1 heterocycles. The lowest BCUT2D eigenvalue weighted by Crippen LogP contribution is -2.35. The summed E-state index contributed by atoms with van der Waals surface area (Å²) in [5.74, 6) is 0.0880. The highest BCUT2D eigenvalue weighted by Gasteiger charge is 2.22. The van der Waals surface area contributed by atoms with E-state index in [2.05, 4.69) is 27.1 Å². The van der Waals surface area contributed by atoms with Crippen molar-refractivity contribution >= 4 is 5.91 Å². The average Bonchev–Trinajstić information content (AvgIpc) is 2.96. The fourth-order valence-corrected chi connectivity index (χ4v) is 1.59. The van der Waals surface area contributed by atoms with E-state index in [4.69, 9.17) is 0 Å². The van der Waals surface area contributed by atoms with Crippen LogP contribution in [0.4, 0.5) is 0 Å². The molecule has 1 amide bonds. The SMILES string of the molecule is CCn1cncc1CNCC(=O)NC1CC1. The predicted octanol–water partition coefficient (Wildman–Crippen LogP) is 0.271. The van der Waals surface area contributed by atoms with Gasteiger partial charge >= 0.3 is 0 Å². The summed E-state index contributed by atoms with van der Waals surface area (Å²) in [6.07, 6.45) is 5.90. The van der Waals surface area contributed by atoms with Crippen LogP contribution >= 0.6 is 0 Å². The van der Waals surface area contributed by atoms with Crippen LogP contribution in [0.2, 0.25) is 0 Å². The Kier molecular flexibility index (Phi) is 3.56. The number of amides is 1. The maximum Gasteiger partial charge on any atom is 0.234 e. The molecule has 1 aliphatic carbocycles. The molecule has 0 unspecified atom stereocenters. The van der Waals surface area contributed by atoms with Gasteiger partial charge in [0, 0.05) is 25.3 Å². The number of hydrogen-bond donors (Lipinski definition) is 2. The van der Waals surface area contributed by atoms with Crippen molar-refractivity contribution in [3.8, 4) is 0 Å². The van der Waals surface area contributed by atoms with Crippen LogP contribution in [-0.2, 0) is 17.9 Å². The normalized spacial score (nSPS) is 15.1. The summed E-state index contributed by atoms with van der Waals surface area (Å²) >= 11 is 0. The first kappa shape index (κ1) is 11.1. The molecule has 1 fully saturated rings. The topological polar surface area (TPSA) is 59.0 Å². The van der Waals surface area contributed by atoms with Crippen molar-refractivity contribution in [1.29, 1.82) is 0 Å². The van der Waals surface area contributed by atoms with Crippen LogP contribution in [0.1, 0.15) is 25.5 Å². The fourth-order valence-electron chi connectivity index (χ4n) is 1.59. The minimum atomic E-state index is 0.0880. The van der Waals surface area contributed by atoms with E-state index in [1.807, 2.05) is 6.20 Å². The first-order valence-corrected chi connectivity index (χ1v) is 5.78. The Morgan fingerprint density at radius 3 is 3.12 bits per heavy atom. The zero-order chi connectivity index (χ0) is 11.4. The van der Waals surface area contributed by atoms with E-state index in [-0.39, 0.29) is 5.91 Å². The Morgan fingerprint density at radius 1 is 1.62 bits per heavy atom. The van der Waals surface area contributed by atoms with Gasteiger partial charge in [0.1, 0.15) is 0 Å². The molecule has 0 radical (unpaired) electrons. The second-order valence-electron chi connectivity index (χ2n) is 4.12. The number of hydrogen-bond acceptors (Lipinski definition) is 3. The highest BCUT2D eigenvalue weighted by atomic mass is 16.2. The Labute approximate surface area is 95.2 Å². The lowest BCUT2D eigenvalue weighted by atomic mass is 10.4. The quantitative estimate of drug-likeness (QED) is 0.726. The molecule has 1 saturated carbocycles. The summed E-state index contributed by atoms with van der Waals surface area (Å²) in [6.45, 7) is 4.05. The van der Waals surface area contributed by atoms with Gasteiger partial charge in [-0.3, -0.25) is 4.79 Å². The molecule has 0 saturated heterocycles. The van der Waals surface area contributed by atoms with Crippen molar-refractivity contribution in [3.63, 3.8) is 0 Å². The molecule has 88 valence electrons. The number of rotatable bonds is 6.